The monoisotopic (exact) mass is 369 g/mol. The van der Waals surface area contributed by atoms with E-state index in [2.05, 4.69) is 10.3 Å². The summed E-state index contributed by atoms with van der Waals surface area (Å²) in [6.45, 7) is 3.21. The Balaban J connectivity index is 1.52. The number of carbonyl (C=O) groups is 2. The van der Waals surface area contributed by atoms with Crippen molar-refractivity contribution < 1.29 is 14.0 Å². The van der Waals surface area contributed by atoms with Crippen LogP contribution >= 0.6 is 0 Å². The summed E-state index contributed by atoms with van der Waals surface area (Å²) in [5.41, 5.74) is 2.82. The van der Waals surface area contributed by atoms with Crippen molar-refractivity contribution in [1.29, 1.82) is 0 Å². The second-order valence-electron chi connectivity index (χ2n) is 6.95. The molecule has 2 aromatic rings. The third-order valence-electron chi connectivity index (χ3n) is 4.91. The highest BCUT2D eigenvalue weighted by molar-refractivity contribution is 5.83. The maximum absolute atomic E-state index is 13.4. The van der Waals surface area contributed by atoms with Gasteiger partial charge in [0, 0.05) is 44.4 Å². The molecule has 0 unspecified atom stereocenters. The molecule has 0 spiro atoms. The summed E-state index contributed by atoms with van der Waals surface area (Å²) in [4.78, 5) is 30.7. The van der Waals surface area contributed by atoms with Crippen LogP contribution in [0.4, 0.5) is 4.39 Å². The summed E-state index contributed by atoms with van der Waals surface area (Å²) >= 11 is 0. The number of aryl methyl sites for hydroxylation is 1. The Morgan fingerprint density at radius 3 is 2.96 bits per heavy atom. The van der Waals surface area contributed by atoms with Crippen molar-refractivity contribution >= 4 is 11.8 Å². The Kier molecular flexibility index (Phi) is 6.16. The van der Waals surface area contributed by atoms with Gasteiger partial charge in [0.25, 0.3) is 0 Å². The third-order valence-corrected chi connectivity index (χ3v) is 4.91. The molecule has 1 atom stereocenters. The van der Waals surface area contributed by atoms with Gasteiger partial charge in [0.1, 0.15) is 5.82 Å². The van der Waals surface area contributed by atoms with Gasteiger partial charge in [0.15, 0.2) is 0 Å². The van der Waals surface area contributed by atoms with Gasteiger partial charge in [-0.15, -0.1) is 0 Å². The summed E-state index contributed by atoms with van der Waals surface area (Å²) in [5.74, 6) is -0.593. The fourth-order valence-corrected chi connectivity index (χ4v) is 3.37. The van der Waals surface area contributed by atoms with Gasteiger partial charge in [0.05, 0.1) is 5.92 Å². The van der Waals surface area contributed by atoms with Crippen molar-refractivity contribution in [2.45, 2.75) is 32.7 Å². The zero-order chi connectivity index (χ0) is 19.2. The Bertz CT molecular complexity index is 825. The molecule has 1 aliphatic heterocycles. The Morgan fingerprint density at radius 2 is 2.19 bits per heavy atom. The lowest BCUT2D eigenvalue weighted by Crippen LogP contribution is -2.45. The standard InChI is InChI=1S/C21H24FN3O2/c1-15-4-3-10-23-19(15)9-11-24-21(27)17-7-8-20(26)25(14-17)13-16-5-2-6-18(22)12-16/h2-6,10,12,17H,7-9,11,13-14H2,1H3,(H,24,27)/t17-/m0/s1. The van der Waals surface area contributed by atoms with E-state index < -0.39 is 0 Å². The predicted molar refractivity (Wildman–Crippen MR) is 100 cm³/mol. The number of hydrogen-bond donors (Lipinski definition) is 1. The zero-order valence-corrected chi connectivity index (χ0v) is 15.5. The molecule has 5 nitrogen and oxygen atoms in total. The molecule has 1 N–H and O–H groups in total. The lowest BCUT2D eigenvalue weighted by Gasteiger charge is -2.32. The topological polar surface area (TPSA) is 62.3 Å². The normalized spacial score (nSPS) is 17.0. The average molecular weight is 369 g/mol. The summed E-state index contributed by atoms with van der Waals surface area (Å²) in [5, 5.41) is 2.96. The van der Waals surface area contributed by atoms with E-state index in [-0.39, 0.29) is 23.5 Å². The van der Waals surface area contributed by atoms with E-state index in [1.807, 2.05) is 19.1 Å². The highest BCUT2D eigenvalue weighted by Crippen LogP contribution is 2.20. The first-order valence-electron chi connectivity index (χ1n) is 9.23. The highest BCUT2D eigenvalue weighted by Gasteiger charge is 2.30. The number of aromatic nitrogens is 1. The van der Waals surface area contributed by atoms with E-state index in [1.165, 1.54) is 12.1 Å². The van der Waals surface area contributed by atoms with E-state index in [0.717, 1.165) is 16.8 Å². The number of amides is 2. The largest absolute Gasteiger partial charge is 0.355 e. The lowest BCUT2D eigenvalue weighted by molar-refractivity contribution is -0.138. The van der Waals surface area contributed by atoms with Crippen LogP contribution in [0.25, 0.3) is 0 Å². The first-order valence-corrected chi connectivity index (χ1v) is 9.23. The second-order valence-corrected chi connectivity index (χ2v) is 6.95. The van der Waals surface area contributed by atoms with Crippen LogP contribution in [0.1, 0.15) is 29.7 Å². The third kappa shape index (κ3) is 5.12. The molecule has 2 amide bonds. The van der Waals surface area contributed by atoms with Gasteiger partial charge in [-0.2, -0.15) is 0 Å². The number of benzene rings is 1. The van der Waals surface area contributed by atoms with Crippen molar-refractivity contribution in [1.82, 2.24) is 15.2 Å². The molecule has 1 aromatic heterocycles. The van der Waals surface area contributed by atoms with Gasteiger partial charge in [0.2, 0.25) is 11.8 Å². The fraction of sp³-hybridized carbons (Fsp3) is 0.381. The van der Waals surface area contributed by atoms with Crippen LogP contribution in [-0.2, 0) is 22.6 Å². The van der Waals surface area contributed by atoms with E-state index in [9.17, 15) is 14.0 Å². The smallest absolute Gasteiger partial charge is 0.224 e. The van der Waals surface area contributed by atoms with E-state index in [4.69, 9.17) is 0 Å². The molecule has 3 rings (SSSR count). The summed E-state index contributed by atoms with van der Waals surface area (Å²) in [6, 6.07) is 10.1. The van der Waals surface area contributed by atoms with Gasteiger partial charge in [-0.05, 0) is 42.7 Å². The van der Waals surface area contributed by atoms with Crippen molar-refractivity contribution in [3.8, 4) is 0 Å². The van der Waals surface area contributed by atoms with Crippen molar-refractivity contribution in [3.63, 3.8) is 0 Å². The van der Waals surface area contributed by atoms with Gasteiger partial charge in [-0.1, -0.05) is 18.2 Å². The van der Waals surface area contributed by atoms with E-state index in [1.54, 1.807) is 23.2 Å². The van der Waals surface area contributed by atoms with Gasteiger partial charge in [-0.25, -0.2) is 4.39 Å². The predicted octanol–water partition coefficient (Wildman–Crippen LogP) is 2.63. The van der Waals surface area contributed by atoms with E-state index in [0.29, 0.717) is 38.9 Å². The molecule has 2 heterocycles. The minimum Gasteiger partial charge on any atom is -0.355 e. The summed E-state index contributed by atoms with van der Waals surface area (Å²) < 4.78 is 13.4. The first kappa shape index (κ1) is 19.0. The number of halogens is 1. The molecule has 6 heteroatoms. The van der Waals surface area contributed by atoms with Crippen LogP contribution in [0.5, 0.6) is 0 Å². The van der Waals surface area contributed by atoms with Crippen LogP contribution in [0.15, 0.2) is 42.6 Å². The number of pyridine rings is 1. The molecule has 27 heavy (non-hydrogen) atoms. The minimum atomic E-state index is -0.323. The first-order chi connectivity index (χ1) is 13.0. The minimum absolute atomic E-state index is 0.00687. The zero-order valence-electron chi connectivity index (χ0n) is 15.5. The average Bonchev–Trinajstić information content (AvgIpc) is 2.65. The van der Waals surface area contributed by atoms with Crippen LogP contribution in [0.2, 0.25) is 0 Å². The molecule has 1 aromatic carbocycles. The Labute approximate surface area is 158 Å². The van der Waals surface area contributed by atoms with Crippen molar-refractivity contribution in [3.05, 3.63) is 65.2 Å². The Hall–Kier alpha value is -2.76. The van der Waals surface area contributed by atoms with Crippen LogP contribution in [0, 0.1) is 18.7 Å². The maximum atomic E-state index is 13.4. The van der Waals surface area contributed by atoms with Crippen LogP contribution < -0.4 is 5.32 Å². The molecular weight excluding hydrogens is 345 g/mol. The molecule has 1 fully saturated rings. The molecule has 1 saturated heterocycles. The fourth-order valence-electron chi connectivity index (χ4n) is 3.37. The lowest BCUT2D eigenvalue weighted by atomic mass is 9.96. The van der Waals surface area contributed by atoms with Crippen LogP contribution in [-0.4, -0.2) is 34.8 Å². The van der Waals surface area contributed by atoms with Gasteiger partial charge in [-0.3, -0.25) is 14.6 Å². The highest BCUT2D eigenvalue weighted by atomic mass is 19.1. The molecule has 0 bridgehead atoms. The number of nitrogens with one attached hydrogen (secondary N) is 1. The molecule has 0 radical (unpaired) electrons. The van der Waals surface area contributed by atoms with Gasteiger partial charge < -0.3 is 10.2 Å². The molecule has 0 saturated carbocycles. The molecular formula is C21H24FN3O2. The quantitative estimate of drug-likeness (QED) is 0.851. The summed E-state index contributed by atoms with van der Waals surface area (Å²) in [7, 11) is 0. The molecule has 1 aliphatic rings. The van der Waals surface area contributed by atoms with Crippen molar-refractivity contribution in [2.75, 3.05) is 13.1 Å². The molecule has 142 valence electrons. The van der Waals surface area contributed by atoms with Crippen molar-refractivity contribution in [2.24, 2.45) is 5.92 Å². The number of nitrogens with zero attached hydrogens (tertiary/aromatic N) is 2. The second kappa shape index (κ2) is 8.75. The van der Waals surface area contributed by atoms with Gasteiger partial charge >= 0.3 is 0 Å². The number of carbonyl (C=O) groups excluding carboxylic acids is 2. The van der Waals surface area contributed by atoms with E-state index >= 15 is 0 Å². The SMILES string of the molecule is Cc1cccnc1CCNC(=O)[C@H]1CCC(=O)N(Cc2cccc(F)c2)C1. The Morgan fingerprint density at radius 1 is 1.33 bits per heavy atom. The maximum Gasteiger partial charge on any atom is 0.224 e. The number of piperidine rings is 1. The number of likely N-dealkylation sites (tertiary alicyclic amines) is 1. The number of hydrogen-bond acceptors (Lipinski definition) is 3. The molecule has 0 aliphatic carbocycles. The number of rotatable bonds is 6. The van der Waals surface area contributed by atoms with Crippen LogP contribution in [0.3, 0.4) is 0 Å². The summed E-state index contributed by atoms with van der Waals surface area (Å²) in [6.07, 6.45) is 3.32.